The van der Waals surface area contributed by atoms with Crippen molar-refractivity contribution in [2.24, 2.45) is 11.8 Å². The molecule has 1 fully saturated rings. The number of nitrogens with zero attached hydrogens (tertiary/aromatic N) is 1. The molecule has 0 spiro atoms. The van der Waals surface area contributed by atoms with Gasteiger partial charge in [0.15, 0.2) is 0 Å². The van der Waals surface area contributed by atoms with Gasteiger partial charge in [0.1, 0.15) is 6.29 Å². The van der Waals surface area contributed by atoms with Crippen molar-refractivity contribution in [2.75, 3.05) is 7.05 Å². The number of carbonyl (C=O) groups is 3. The Bertz CT molecular complexity index is 388. The summed E-state index contributed by atoms with van der Waals surface area (Å²) in [7, 11) is 1.79. The molecule has 0 radical (unpaired) electrons. The lowest BCUT2D eigenvalue weighted by Crippen LogP contribution is -2.38. The monoisotopic (exact) mass is 295 g/mol. The Morgan fingerprint density at radius 1 is 1.29 bits per heavy atom. The van der Waals surface area contributed by atoms with Crippen LogP contribution in [0.15, 0.2) is 12.2 Å². The summed E-state index contributed by atoms with van der Waals surface area (Å²) >= 11 is 0. The standard InChI is InChI=1S/C15H25N3O3/c1-18(15(21)6-3-11-19)13-9-7-12(8-10-13)4-2-5-14(20)17-16/h3,6,11-13H,2,4-5,7-10,16H2,1H3,(H,17,20)/b6-3-. The molecule has 0 unspecified atom stereocenters. The number of allylic oxidation sites excluding steroid dienone is 1. The molecule has 1 aliphatic carbocycles. The first kappa shape index (κ1) is 17.4. The maximum absolute atomic E-state index is 11.8. The zero-order chi connectivity index (χ0) is 15.7. The summed E-state index contributed by atoms with van der Waals surface area (Å²) in [4.78, 5) is 34.8. The van der Waals surface area contributed by atoms with E-state index in [0.29, 0.717) is 18.6 Å². The summed E-state index contributed by atoms with van der Waals surface area (Å²) in [6.07, 6.45) is 9.62. The van der Waals surface area contributed by atoms with Gasteiger partial charge in [-0.05, 0) is 50.5 Å². The van der Waals surface area contributed by atoms with Gasteiger partial charge in [-0.3, -0.25) is 19.8 Å². The fraction of sp³-hybridized carbons (Fsp3) is 0.667. The second kappa shape index (κ2) is 9.28. The molecule has 0 aliphatic heterocycles. The lowest BCUT2D eigenvalue weighted by atomic mass is 9.82. The van der Waals surface area contributed by atoms with Gasteiger partial charge in [0, 0.05) is 25.6 Å². The van der Waals surface area contributed by atoms with E-state index < -0.39 is 0 Å². The molecule has 2 amide bonds. The summed E-state index contributed by atoms with van der Waals surface area (Å²) in [5.41, 5.74) is 2.14. The van der Waals surface area contributed by atoms with E-state index in [1.165, 1.54) is 12.2 Å². The van der Waals surface area contributed by atoms with Gasteiger partial charge in [-0.2, -0.15) is 0 Å². The quantitative estimate of drug-likeness (QED) is 0.240. The van der Waals surface area contributed by atoms with Crippen molar-refractivity contribution in [1.82, 2.24) is 10.3 Å². The molecule has 6 heteroatoms. The number of hydrazine groups is 1. The largest absolute Gasteiger partial charge is 0.339 e. The van der Waals surface area contributed by atoms with Crippen molar-refractivity contribution in [3.05, 3.63) is 12.2 Å². The summed E-state index contributed by atoms with van der Waals surface area (Å²) in [6, 6.07) is 0.248. The predicted octanol–water partition coefficient (Wildman–Crippen LogP) is 0.919. The third kappa shape index (κ3) is 6.08. The van der Waals surface area contributed by atoms with E-state index >= 15 is 0 Å². The van der Waals surface area contributed by atoms with E-state index in [9.17, 15) is 14.4 Å². The van der Waals surface area contributed by atoms with Crippen molar-refractivity contribution < 1.29 is 14.4 Å². The highest BCUT2D eigenvalue weighted by Crippen LogP contribution is 2.30. The smallest absolute Gasteiger partial charge is 0.246 e. The highest BCUT2D eigenvalue weighted by atomic mass is 16.2. The van der Waals surface area contributed by atoms with Gasteiger partial charge >= 0.3 is 0 Å². The molecule has 0 atom stereocenters. The normalized spacial score (nSPS) is 22.0. The van der Waals surface area contributed by atoms with Gasteiger partial charge in [0.05, 0.1) is 0 Å². The topological polar surface area (TPSA) is 92.5 Å². The number of amides is 2. The zero-order valence-electron chi connectivity index (χ0n) is 12.6. The van der Waals surface area contributed by atoms with Crippen LogP contribution in [0.2, 0.25) is 0 Å². The first-order chi connectivity index (χ1) is 10.1. The van der Waals surface area contributed by atoms with E-state index in [2.05, 4.69) is 5.43 Å². The van der Waals surface area contributed by atoms with Crippen LogP contribution in [0, 0.1) is 5.92 Å². The van der Waals surface area contributed by atoms with Crippen LogP contribution in [0.3, 0.4) is 0 Å². The molecule has 1 aliphatic rings. The van der Waals surface area contributed by atoms with E-state index in [4.69, 9.17) is 5.84 Å². The second-order valence-corrected chi connectivity index (χ2v) is 5.58. The first-order valence-corrected chi connectivity index (χ1v) is 7.46. The highest BCUT2D eigenvalue weighted by molar-refractivity contribution is 5.90. The Balaban J connectivity index is 2.28. The minimum atomic E-state index is -0.120. The Kier molecular flexibility index (Phi) is 7.68. The molecular formula is C15H25N3O3. The van der Waals surface area contributed by atoms with Crippen LogP contribution >= 0.6 is 0 Å². The van der Waals surface area contributed by atoms with E-state index in [1.807, 2.05) is 0 Å². The number of nitrogens with one attached hydrogen (secondary N) is 1. The number of rotatable bonds is 7. The predicted molar refractivity (Wildman–Crippen MR) is 79.9 cm³/mol. The molecule has 3 N–H and O–H groups in total. The van der Waals surface area contributed by atoms with Crippen LogP contribution in [0.4, 0.5) is 0 Å². The summed E-state index contributed by atoms with van der Waals surface area (Å²) in [6.45, 7) is 0. The summed E-state index contributed by atoms with van der Waals surface area (Å²) in [5, 5.41) is 0. The second-order valence-electron chi connectivity index (χ2n) is 5.58. The van der Waals surface area contributed by atoms with Crippen LogP contribution in [0.5, 0.6) is 0 Å². The van der Waals surface area contributed by atoms with Crippen molar-refractivity contribution >= 4 is 18.1 Å². The van der Waals surface area contributed by atoms with Gasteiger partial charge in [0.2, 0.25) is 11.8 Å². The van der Waals surface area contributed by atoms with Crippen LogP contribution in [0.1, 0.15) is 44.9 Å². The molecule has 0 aromatic heterocycles. The van der Waals surface area contributed by atoms with Crippen LogP contribution in [-0.4, -0.2) is 36.1 Å². The molecular weight excluding hydrogens is 270 g/mol. The molecule has 0 heterocycles. The molecule has 0 bridgehead atoms. The maximum atomic E-state index is 11.8. The Labute approximate surface area is 125 Å². The van der Waals surface area contributed by atoms with Gasteiger partial charge in [-0.25, -0.2) is 5.84 Å². The molecule has 21 heavy (non-hydrogen) atoms. The third-order valence-electron chi connectivity index (χ3n) is 4.21. The Hall–Kier alpha value is -1.69. The number of carbonyl (C=O) groups excluding carboxylic acids is 3. The molecule has 1 saturated carbocycles. The maximum Gasteiger partial charge on any atom is 0.246 e. The van der Waals surface area contributed by atoms with E-state index in [0.717, 1.165) is 38.5 Å². The van der Waals surface area contributed by atoms with Gasteiger partial charge in [-0.15, -0.1) is 0 Å². The fourth-order valence-corrected chi connectivity index (χ4v) is 2.86. The Morgan fingerprint density at radius 2 is 1.95 bits per heavy atom. The van der Waals surface area contributed by atoms with Crippen molar-refractivity contribution in [2.45, 2.75) is 51.0 Å². The number of aldehydes is 1. The van der Waals surface area contributed by atoms with Gasteiger partial charge < -0.3 is 4.90 Å². The van der Waals surface area contributed by atoms with Crippen molar-refractivity contribution in [3.8, 4) is 0 Å². The average Bonchev–Trinajstić information content (AvgIpc) is 2.52. The molecule has 1 rings (SSSR count). The third-order valence-corrected chi connectivity index (χ3v) is 4.21. The SMILES string of the molecule is CN(C(=O)/C=C\C=O)C1CCC(CCCC(=O)NN)CC1. The average molecular weight is 295 g/mol. The fourth-order valence-electron chi connectivity index (χ4n) is 2.86. The number of nitrogens with two attached hydrogens (primary N) is 1. The Morgan fingerprint density at radius 3 is 2.52 bits per heavy atom. The van der Waals surface area contributed by atoms with Gasteiger partial charge in [-0.1, -0.05) is 0 Å². The van der Waals surface area contributed by atoms with Crippen molar-refractivity contribution in [1.29, 1.82) is 0 Å². The minimum Gasteiger partial charge on any atom is -0.339 e. The highest BCUT2D eigenvalue weighted by Gasteiger charge is 2.25. The summed E-state index contributed by atoms with van der Waals surface area (Å²) < 4.78 is 0. The van der Waals surface area contributed by atoms with Gasteiger partial charge in [0.25, 0.3) is 0 Å². The van der Waals surface area contributed by atoms with E-state index in [-0.39, 0.29) is 17.9 Å². The molecule has 6 nitrogen and oxygen atoms in total. The molecule has 0 aromatic rings. The van der Waals surface area contributed by atoms with Crippen molar-refractivity contribution in [3.63, 3.8) is 0 Å². The van der Waals surface area contributed by atoms with E-state index in [1.54, 1.807) is 11.9 Å². The lowest BCUT2D eigenvalue weighted by Gasteiger charge is -2.34. The minimum absolute atomic E-state index is 0.115. The number of hydrogen-bond acceptors (Lipinski definition) is 4. The summed E-state index contributed by atoms with van der Waals surface area (Å²) in [5.74, 6) is 5.43. The molecule has 0 saturated heterocycles. The van der Waals surface area contributed by atoms with Crippen LogP contribution < -0.4 is 11.3 Å². The number of hydrogen-bond donors (Lipinski definition) is 2. The zero-order valence-corrected chi connectivity index (χ0v) is 12.6. The van der Waals surface area contributed by atoms with Crippen LogP contribution in [0.25, 0.3) is 0 Å². The number of likely N-dealkylation sites (N-methyl/N-ethyl adjacent to an activating group) is 1. The first-order valence-electron chi connectivity index (χ1n) is 7.46. The molecule has 0 aromatic carbocycles. The molecule has 118 valence electrons. The lowest BCUT2D eigenvalue weighted by molar-refractivity contribution is -0.127. The van der Waals surface area contributed by atoms with Crippen LogP contribution in [-0.2, 0) is 14.4 Å².